The molecular formula is C19H22ClFN2O3. The molecule has 140 valence electrons. The summed E-state index contributed by atoms with van der Waals surface area (Å²) >= 11 is 5.75. The van der Waals surface area contributed by atoms with E-state index in [2.05, 4.69) is 4.90 Å². The molecule has 5 nitrogen and oxygen atoms in total. The van der Waals surface area contributed by atoms with Crippen LogP contribution >= 0.6 is 11.6 Å². The molecule has 2 atom stereocenters. The third-order valence-electron chi connectivity index (χ3n) is 6.35. The van der Waals surface area contributed by atoms with Gasteiger partial charge in [-0.2, -0.15) is 0 Å². The van der Waals surface area contributed by atoms with Crippen LogP contribution in [0.25, 0.3) is 0 Å². The average molecular weight is 381 g/mol. The van der Waals surface area contributed by atoms with Gasteiger partial charge in [0, 0.05) is 43.2 Å². The molecule has 1 saturated carbocycles. The number of carboxylic acids is 1. The van der Waals surface area contributed by atoms with Gasteiger partial charge in [0.1, 0.15) is 11.2 Å². The summed E-state index contributed by atoms with van der Waals surface area (Å²) in [4.78, 5) is 28.7. The molecule has 1 amide bonds. The van der Waals surface area contributed by atoms with Gasteiger partial charge in [-0.1, -0.05) is 24.4 Å². The van der Waals surface area contributed by atoms with Gasteiger partial charge in [0.2, 0.25) is 0 Å². The van der Waals surface area contributed by atoms with Crippen molar-refractivity contribution in [2.45, 2.75) is 31.7 Å². The number of nitrogens with zero attached hydrogens (tertiary/aromatic N) is 2. The number of fused-ring (bicyclic) bond motifs is 1. The molecule has 2 saturated heterocycles. The predicted molar refractivity (Wildman–Crippen MR) is 94.7 cm³/mol. The number of likely N-dealkylation sites (tertiary alicyclic amines) is 2. The van der Waals surface area contributed by atoms with Gasteiger partial charge in [0.15, 0.2) is 0 Å². The van der Waals surface area contributed by atoms with Crippen molar-refractivity contribution in [3.05, 3.63) is 34.6 Å². The highest BCUT2D eigenvalue weighted by Gasteiger charge is 2.59. The summed E-state index contributed by atoms with van der Waals surface area (Å²) < 4.78 is 14.1. The molecule has 0 aromatic heterocycles. The number of rotatable bonds is 3. The van der Waals surface area contributed by atoms with E-state index in [1.807, 2.05) is 0 Å². The lowest BCUT2D eigenvalue weighted by molar-refractivity contribution is -0.148. The summed E-state index contributed by atoms with van der Waals surface area (Å²) in [5, 5.41) is 10.2. The Labute approximate surface area is 156 Å². The Morgan fingerprint density at radius 2 is 1.92 bits per heavy atom. The number of aliphatic carboxylic acids is 1. The van der Waals surface area contributed by atoms with Crippen molar-refractivity contribution in [3.8, 4) is 0 Å². The summed E-state index contributed by atoms with van der Waals surface area (Å²) in [7, 11) is 0. The maximum absolute atomic E-state index is 14.1. The summed E-state index contributed by atoms with van der Waals surface area (Å²) in [6.07, 6.45) is 4.65. The second-order valence-corrected chi connectivity index (χ2v) is 8.27. The van der Waals surface area contributed by atoms with Gasteiger partial charge in [0.05, 0.1) is 5.56 Å². The Morgan fingerprint density at radius 1 is 1.19 bits per heavy atom. The molecule has 4 rings (SSSR count). The number of carbonyl (C=O) groups excluding carboxylic acids is 1. The van der Waals surface area contributed by atoms with Crippen LogP contribution < -0.4 is 0 Å². The molecule has 0 spiro atoms. The summed E-state index contributed by atoms with van der Waals surface area (Å²) in [5.41, 5.74) is -0.996. The SMILES string of the molecule is O=C(c1ccc(Cl)cc1F)N1C[C@@H]2CN(C3CCCC3)C[C@]2(C(=O)O)C1. The van der Waals surface area contributed by atoms with E-state index in [1.165, 1.54) is 29.9 Å². The Balaban J connectivity index is 1.54. The summed E-state index contributed by atoms with van der Waals surface area (Å²) in [6.45, 7) is 1.67. The quantitative estimate of drug-likeness (QED) is 0.875. The minimum absolute atomic E-state index is 0.0532. The van der Waals surface area contributed by atoms with Gasteiger partial charge in [0.25, 0.3) is 5.91 Å². The van der Waals surface area contributed by atoms with E-state index in [0.717, 1.165) is 18.9 Å². The van der Waals surface area contributed by atoms with Crippen molar-refractivity contribution in [2.75, 3.05) is 26.2 Å². The predicted octanol–water partition coefficient (Wildman–Crippen LogP) is 2.88. The van der Waals surface area contributed by atoms with Crippen molar-refractivity contribution in [3.63, 3.8) is 0 Å². The second kappa shape index (κ2) is 6.50. The van der Waals surface area contributed by atoms with Gasteiger partial charge in [-0.05, 0) is 31.0 Å². The topological polar surface area (TPSA) is 60.9 Å². The van der Waals surface area contributed by atoms with Crippen molar-refractivity contribution >= 4 is 23.5 Å². The Hall–Kier alpha value is -1.66. The highest BCUT2D eigenvalue weighted by atomic mass is 35.5. The second-order valence-electron chi connectivity index (χ2n) is 7.84. The van der Waals surface area contributed by atoms with Crippen molar-refractivity contribution in [2.24, 2.45) is 11.3 Å². The van der Waals surface area contributed by atoms with E-state index in [4.69, 9.17) is 11.6 Å². The lowest BCUT2D eigenvalue weighted by Gasteiger charge is -2.28. The highest BCUT2D eigenvalue weighted by Crippen LogP contribution is 2.45. The van der Waals surface area contributed by atoms with Gasteiger partial charge in [-0.15, -0.1) is 0 Å². The van der Waals surface area contributed by atoms with E-state index >= 15 is 0 Å². The molecule has 1 aliphatic carbocycles. The van der Waals surface area contributed by atoms with Crippen LogP contribution in [0.5, 0.6) is 0 Å². The Kier molecular flexibility index (Phi) is 4.43. The zero-order chi connectivity index (χ0) is 18.5. The normalized spacial score (nSPS) is 29.3. The van der Waals surface area contributed by atoms with Crippen LogP contribution in [0, 0.1) is 17.2 Å². The zero-order valence-electron chi connectivity index (χ0n) is 14.5. The minimum Gasteiger partial charge on any atom is -0.481 e. The first kappa shape index (κ1) is 17.7. The molecule has 1 aromatic carbocycles. The van der Waals surface area contributed by atoms with Crippen LogP contribution in [0.3, 0.4) is 0 Å². The number of hydrogen-bond donors (Lipinski definition) is 1. The fraction of sp³-hybridized carbons (Fsp3) is 0.579. The molecule has 1 N–H and O–H groups in total. The Morgan fingerprint density at radius 3 is 2.54 bits per heavy atom. The Bertz CT molecular complexity index is 752. The molecule has 3 aliphatic rings. The smallest absolute Gasteiger partial charge is 0.313 e. The van der Waals surface area contributed by atoms with Gasteiger partial charge < -0.3 is 10.0 Å². The molecule has 7 heteroatoms. The van der Waals surface area contributed by atoms with Crippen molar-refractivity contribution < 1.29 is 19.1 Å². The number of carbonyl (C=O) groups is 2. The van der Waals surface area contributed by atoms with E-state index in [0.29, 0.717) is 25.7 Å². The molecule has 0 bridgehead atoms. The van der Waals surface area contributed by atoms with Crippen LogP contribution in [-0.4, -0.2) is 59.0 Å². The van der Waals surface area contributed by atoms with Gasteiger partial charge in [-0.25, -0.2) is 4.39 Å². The van der Waals surface area contributed by atoms with Crippen LogP contribution in [0.4, 0.5) is 4.39 Å². The molecular weight excluding hydrogens is 359 g/mol. The largest absolute Gasteiger partial charge is 0.481 e. The van der Waals surface area contributed by atoms with E-state index < -0.39 is 23.1 Å². The maximum Gasteiger partial charge on any atom is 0.313 e. The van der Waals surface area contributed by atoms with Crippen LogP contribution in [0.2, 0.25) is 5.02 Å². The molecule has 1 aromatic rings. The van der Waals surface area contributed by atoms with Crippen molar-refractivity contribution in [1.29, 1.82) is 0 Å². The molecule has 2 aliphatic heterocycles. The molecule has 0 radical (unpaired) electrons. The zero-order valence-corrected chi connectivity index (χ0v) is 15.2. The van der Waals surface area contributed by atoms with Crippen LogP contribution in [0.15, 0.2) is 18.2 Å². The number of benzene rings is 1. The molecule has 2 heterocycles. The molecule has 26 heavy (non-hydrogen) atoms. The monoisotopic (exact) mass is 380 g/mol. The number of carboxylic acid groups (broad SMARTS) is 1. The molecule has 3 fully saturated rings. The van der Waals surface area contributed by atoms with E-state index in [9.17, 15) is 19.1 Å². The number of halogens is 2. The number of amides is 1. The third-order valence-corrected chi connectivity index (χ3v) is 6.59. The van der Waals surface area contributed by atoms with Crippen LogP contribution in [0.1, 0.15) is 36.0 Å². The lowest BCUT2D eigenvalue weighted by Crippen LogP contribution is -2.43. The first-order valence-corrected chi connectivity index (χ1v) is 9.50. The lowest BCUT2D eigenvalue weighted by atomic mass is 9.81. The maximum atomic E-state index is 14.1. The van der Waals surface area contributed by atoms with Crippen molar-refractivity contribution in [1.82, 2.24) is 9.80 Å². The first-order chi connectivity index (χ1) is 12.4. The summed E-state index contributed by atoms with van der Waals surface area (Å²) in [6, 6.07) is 4.42. The standard InChI is InChI=1S/C19H22ClFN2O3/c20-13-5-6-15(16(21)7-13)17(24)23-9-12-8-22(14-3-1-2-4-14)10-19(12,11-23)18(25)26/h5-7,12,14H,1-4,8-11H2,(H,25,26)/t12-,19-/m0/s1. The molecule has 0 unspecified atom stereocenters. The minimum atomic E-state index is -0.943. The van der Waals surface area contributed by atoms with Gasteiger partial charge in [-0.3, -0.25) is 14.5 Å². The van der Waals surface area contributed by atoms with E-state index in [1.54, 1.807) is 0 Å². The third kappa shape index (κ3) is 2.79. The van der Waals surface area contributed by atoms with Crippen LogP contribution in [-0.2, 0) is 4.79 Å². The summed E-state index contributed by atoms with van der Waals surface area (Å²) in [5.74, 6) is -2.09. The number of hydrogen-bond acceptors (Lipinski definition) is 3. The van der Waals surface area contributed by atoms with E-state index in [-0.39, 0.29) is 23.0 Å². The fourth-order valence-electron chi connectivity index (χ4n) is 4.94. The average Bonchev–Trinajstić information content (AvgIpc) is 3.28. The highest BCUT2D eigenvalue weighted by molar-refractivity contribution is 6.30. The van der Waals surface area contributed by atoms with Gasteiger partial charge >= 0.3 is 5.97 Å². The fourth-order valence-corrected chi connectivity index (χ4v) is 5.10. The first-order valence-electron chi connectivity index (χ1n) is 9.12.